The average molecular weight is 214 g/mol. The van der Waals surface area contributed by atoms with Crippen molar-refractivity contribution in [3.63, 3.8) is 0 Å². The molecule has 0 amide bonds. The van der Waals surface area contributed by atoms with E-state index in [9.17, 15) is 9.50 Å². The van der Waals surface area contributed by atoms with Gasteiger partial charge in [-0.05, 0) is 48.6 Å². The smallest absolute Gasteiger partial charge is 0.142 e. The maximum atomic E-state index is 13.8. The maximum Gasteiger partial charge on any atom is 0.142 e. The first-order valence-corrected chi connectivity index (χ1v) is 4.93. The van der Waals surface area contributed by atoms with Crippen LogP contribution in [0.4, 0.5) is 4.39 Å². The Hall–Kier alpha value is -2.01. The van der Waals surface area contributed by atoms with Gasteiger partial charge in [0.1, 0.15) is 11.6 Å². The van der Waals surface area contributed by atoms with Crippen LogP contribution in [0.15, 0.2) is 18.2 Å². The second-order valence-electron chi connectivity index (χ2n) is 3.89. The minimum absolute atomic E-state index is 0.166. The molecule has 0 fully saturated rings. The molecular weight excluding hydrogens is 203 g/mol. The number of halogens is 1. The van der Waals surface area contributed by atoms with Crippen molar-refractivity contribution in [1.29, 1.82) is 0 Å². The number of phenols is 1. The molecule has 1 N–H and O–H groups in total. The van der Waals surface area contributed by atoms with E-state index in [-0.39, 0.29) is 17.1 Å². The van der Waals surface area contributed by atoms with Gasteiger partial charge in [0.25, 0.3) is 0 Å². The third-order valence-electron chi connectivity index (χ3n) is 2.68. The molecule has 0 heterocycles. The van der Waals surface area contributed by atoms with Gasteiger partial charge in [-0.2, -0.15) is 0 Å². The number of rotatable bonds is 0. The lowest BCUT2D eigenvalue weighted by Gasteiger charge is -2.09. The summed E-state index contributed by atoms with van der Waals surface area (Å²) in [5, 5.41) is 11.0. The largest absolute Gasteiger partial charge is 0.508 e. The molecular formula is C14H11FO. The van der Waals surface area contributed by atoms with Gasteiger partial charge >= 0.3 is 0 Å². The Morgan fingerprint density at radius 3 is 2.50 bits per heavy atom. The Morgan fingerprint density at radius 2 is 1.88 bits per heavy atom. The van der Waals surface area contributed by atoms with Crippen LogP contribution in [-0.4, -0.2) is 5.11 Å². The fourth-order valence-electron chi connectivity index (χ4n) is 1.99. The number of aromatic hydroxyl groups is 1. The van der Waals surface area contributed by atoms with Crippen molar-refractivity contribution in [2.24, 2.45) is 0 Å². The lowest BCUT2D eigenvalue weighted by atomic mass is 9.97. The average Bonchev–Trinajstić information content (AvgIpc) is 2.20. The van der Waals surface area contributed by atoms with Crippen molar-refractivity contribution in [2.45, 2.75) is 13.8 Å². The zero-order chi connectivity index (χ0) is 11.9. The predicted molar refractivity (Wildman–Crippen MR) is 63.0 cm³/mol. The highest BCUT2D eigenvalue weighted by atomic mass is 19.1. The summed E-state index contributed by atoms with van der Waals surface area (Å²) in [5.74, 6) is 2.19. The number of terminal acetylenes is 1. The summed E-state index contributed by atoms with van der Waals surface area (Å²) in [4.78, 5) is 0. The summed E-state index contributed by atoms with van der Waals surface area (Å²) >= 11 is 0. The van der Waals surface area contributed by atoms with E-state index in [0.29, 0.717) is 10.9 Å². The second-order valence-corrected chi connectivity index (χ2v) is 3.89. The van der Waals surface area contributed by atoms with E-state index in [4.69, 9.17) is 6.42 Å². The van der Waals surface area contributed by atoms with Crippen LogP contribution in [0.3, 0.4) is 0 Å². The lowest BCUT2D eigenvalue weighted by molar-refractivity contribution is 0.476. The number of hydrogen-bond donors (Lipinski definition) is 1. The molecule has 80 valence electrons. The number of hydrogen-bond acceptors (Lipinski definition) is 1. The van der Waals surface area contributed by atoms with Crippen LogP contribution < -0.4 is 0 Å². The zero-order valence-corrected chi connectivity index (χ0v) is 9.13. The molecule has 0 aromatic heterocycles. The first-order valence-electron chi connectivity index (χ1n) is 4.93. The van der Waals surface area contributed by atoms with Gasteiger partial charge in [-0.25, -0.2) is 4.39 Å². The number of phenolic OH excluding ortho intramolecular Hbond substituents is 1. The number of aryl methyl sites for hydroxylation is 2. The van der Waals surface area contributed by atoms with Crippen LogP contribution in [0, 0.1) is 32.0 Å². The van der Waals surface area contributed by atoms with Crippen molar-refractivity contribution in [3.8, 4) is 18.1 Å². The summed E-state index contributed by atoms with van der Waals surface area (Å²) in [6.07, 6.45) is 5.34. The van der Waals surface area contributed by atoms with E-state index < -0.39 is 0 Å². The Bertz CT molecular complexity index is 621. The van der Waals surface area contributed by atoms with Crippen LogP contribution in [0.25, 0.3) is 10.8 Å². The molecule has 2 heteroatoms. The molecule has 0 atom stereocenters. The van der Waals surface area contributed by atoms with Gasteiger partial charge in [0.2, 0.25) is 0 Å². The van der Waals surface area contributed by atoms with Gasteiger partial charge in [-0.1, -0.05) is 5.92 Å². The highest BCUT2D eigenvalue weighted by Gasteiger charge is 2.11. The molecule has 2 rings (SSSR count). The summed E-state index contributed by atoms with van der Waals surface area (Å²) in [6, 6.07) is 4.87. The Morgan fingerprint density at radius 1 is 1.19 bits per heavy atom. The topological polar surface area (TPSA) is 20.2 Å². The van der Waals surface area contributed by atoms with Gasteiger partial charge in [0.15, 0.2) is 0 Å². The summed E-state index contributed by atoms with van der Waals surface area (Å²) in [7, 11) is 0. The highest BCUT2D eigenvalue weighted by Crippen LogP contribution is 2.30. The van der Waals surface area contributed by atoms with Gasteiger partial charge < -0.3 is 5.11 Å². The Kier molecular flexibility index (Phi) is 2.32. The van der Waals surface area contributed by atoms with Crippen molar-refractivity contribution in [2.75, 3.05) is 0 Å². The fourth-order valence-corrected chi connectivity index (χ4v) is 1.99. The van der Waals surface area contributed by atoms with Crippen molar-refractivity contribution < 1.29 is 9.50 Å². The second kappa shape index (κ2) is 3.53. The van der Waals surface area contributed by atoms with Crippen molar-refractivity contribution >= 4 is 10.8 Å². The molecule has 0 aliphatic carbocycles. The normalized spacial score (nSPS) is 10.4. The Balaban J connectivity index is 3.04. The Labute approximate surface area is 93.5 Å². The number of benzene rings is 2. The van der Waals surface area contributed by atoms with Crippen LogP contribution in [0.5, 0.6) is 5.75 Å². The van der Waals surface area contributed by atoms with Gasteiger partial charge in [0.05, 0.1) is 5.56 Å². The van der Waals surface area contributed by atoms with Gasteiger partial charge in [0, 0.05) is 5.39 Å². The molecule has 0 aliphatic rings. The molecule has 1 nitrogen and oxygen atoms in total. The van der Waals surface area contributed by atoms with Crippen LogP contribution in [0.2, 0.25) is 0 Å². The molecule has 16 heavy (non-hydrogen) atoms. The van der Waals surface area contributed by atoms with E-state index in [0.717, 1.165) is 10.9 Å². The van der Waals surface area contributed by atoms with E-state index in [1.54, 1.807) is 32.0 Å². The predicted octanol–water partition coefficient (Wildman–Crippen LogP) is 3.28. The molecule has 0 spiro atoms. The van der Waals surface area contributed by atoms with E-state index in [1.807, 2.05) is 0 Å². The molecule has 0 radical (unpaired) electrons. The monoisotopic (exact) mass is 214 g/mol. The maximum absolute atomic E-state index is 13.8. The SMILES string of the molecule is C#Cc1c(F)c(C)cc2cc(O)cc(C)c12. The van der Waals surface area contributed by atoms with E-state index in [1.165, 1.54) is 0 Å². The number of fused-ring (bicyclic) bond motifs is 1. The summed E-state index contributed by atoms with van der Waals surface area (Å²) < 4.78 is 13.8. The van der Waals surface area contributed by atoms with Crippen molar-refractivity contribution in [1.82, 2.24) is 0 Å². The van der Waals surface area contributed by atoms with Crippen LogP contribution in [0.1, 0.15) is 16.7 Å². The zero-order valence-electron chi connectivity index (χ0n) is 9.13. The third kappa shape index (κ3) is 1.42. The van der Waals surface area contributed by atoms with Crippen LogP contribution in [-0.2, 0) is 0 Å². The molecule has 0 unspecified atom stereocenters. The first-order chi connectivity index (χ1) is 7.54. The molecule has 2 aromatic rings. The lowest BCUT2D eigenvalue weighted by Crippen LogP contribution is -1.93. The molecule has 0 aliphatic heterocycles. The highest BCUT2D eigenvalue weighted by molar-refractivity contribution is 5.92. The van der Waals surface area contributed by atoms with Gasteiger partial charge in [-0.15, -0.1) is 6.42 Å². The van der Waals surface area contributed by atoms with E-state index in [2.05, 4.69) is 5.92 Å². The van der Waals surface area contributed by atoms with E-state index >= 15 is 0 Å². The molecule has 0 saturated carbocycles. The summed E-state index contributed by atoms with van der Waals surface area (Å²) in [5.41, 5.74) is 1.54. The third-order valence-corrected chi connectivity index (χ3v) is 2.68. The fraction of sp³-hybridized carbons (Fsp3) is 0.143. The quantitative estimate of drug-likeness (QED) is 0.667. The first kappa shape index (κ1) is 10.5. The minimum Gasteiger partial charge on any atom is -0.508 e. The molecule has 0 saturated heterocycles. The standard InChI is InChI=1S/C14H11FO/c1-4-12-13-8(2)6-11(16)7-10(13)5-9(3)14(12)15/h1,5-7,16H,2-3H3. The van der Waals surface area contributed by atoms with Crippen LogP contribution >= 0.6 is 0 Å². The van der Waals surface area contributed by atoms with Crippen molar-refractivity contribution in [3.05, 3.63) is 40.7 Å². The molecule has 0 bridgehead atoms. The summed E-state index contributed by atoms with van der Waals surface area (Å²) in [6.45, 7) is 3.46. The molecule has 2 aromatic carbocycles. The minimum atomic E-state index is -0.358. The van der Waals surface area contributed by atoms with Gasteiger partial charge in [-0.3, -0.25) is 0 Å².